The number of aromatic nitrogens is 2. The minimum absolute atomic E-state index is 0.253. The van der Waals surface area contributed by atoms with Gasteiger partial charge in [-0.1, -0.05) is 147 Å². The van der Waals surface area contributed by atoms with Crippen molar-refractivity contribution in [3.8, 4) is 44.8 Å². The van der Waals surface area contributed by atoms with Gasteiger partial charge in [0.15, 0.2) is 0 Å². The Labute approximate surface area is 308 Å². The minimum Gasteiger partial charge on any atom is -0.309 e. The van der Waals surface area contributed by atoms with E-state index in [1.165, 1.54) is 99.5 Å². The molecule has 0 atom stereocenters. The van der Waals surface area contributed by atoms with E-state index in [0.29, 0.717) is 0 Å². The van der Waals surface area contributed by atoms with Crippen LogP contribution in [0.4, 0.5) is 0 Å². The van der Waals surface area contributed by atoms with E-state index >= 15 is 0 Å². The average Bonchev–Trinajstić information content (AvgIpc) is 3.81. The van der Waals surface area contributed by atoms with Gasteiger partial charge < -0.3 is 9.13 Å². The highest BCUT2D eigenvalue weighted by Gasteiger charge is 2.40. The summed E-state index contributed by atoms with van der Waals surface area (Å²) in [7, 11) is 0. The molecule has 250 valence electrons. The number of fused-ring (bicyclic) bond motifs is 11. The van der Waals surface area contributed by atoms with Gasteiger partial charge in [0.2, 0.25) is 0 Å². The summed E-state index contributed by atoms with van der Waals surface area (Å²) in [6.07, 6.45) is 0. The fourth-order valence-corrected chi connectivity index (χ4v) is 9.44. The summed E-state index contributed by atoms with van der Waals surface area (Å²) in [4.78, 5) is 0. The lowest BCUT2D eigenvalue weighted by Gasteiger charge is -2.24. The maximum absolute atomic E-state index is 2.47. The Hall–Kier alpha value is -6.64. The summed E-state index contributed by atoms with van der Waals surface area (Å²) in [5.74, 6) is 0. The zero-order valence-corrected chi connectivity index (χ0v) is 29.7. The first kappa shape index (κ1) is 30.0. The molecule has 1 aliphatic carbocycles. The molecular formula is C51H36N2. The highest BCUT2D eigenvalue weighted by Crippen LogP contribution is 2.56. The SMILES string of the molecule is CC1(C)c2c(ccc3c2c2ccccc2n3-c2ccc(-c3ccccc3)cc2)-c2ccc3c(c21)c1ccccc1n3-c1cccc(-c2ccccc2)c1. The van der Waals surface area contributed by atoms with Crippen LogP contribution in [0, 0.1) is 0 Å². The van der Waals surface area contributed by atoms with Crippen molar-refractivity contribution in [2.45, 2.75) is 19.3 Å². The summed E-state index contributed by atoms with van der Waals surface area (Å²) >= 11 is 0. The van der Waals surface area contributed by atoms with E-state index in [1.807, 2.05) is 0 Å². The second-order valence-electron chi connectivity index (χ2n) is 14.9. The van der Waals surface area contributed by atoms with Crippen LogP contribution in [-0.4, -0.2) is 9.13 Å². The number of hydrogen-bond acceptors (Lipinski definition) is 0. The topological polar surface area (TPSA) is 9.86 Å². The van der Waals surface area contributed by atoms with Crippen LogP contribution in [0.5, 0.6) is 0 Å². The molecule has 0 amide bonds. The Balaban J connectivity index is 1.14. The summed E-state index contributed by atoms with van der Waals surface area (Å²) in [6, 6.07) is 66.7. The van der Waals surface area contributed by atoms with Crippen molar-refractivity contribution in [3.63, 3.8) is 0 Å². The van der Waals surface area contributed by atoms with Crippen molar-refractivity contribution in [1.29, 1.82) is 0 Å². The van der Waals surface area contributed by atoms with Crippen molar-refractivity contribution in [1.82, 2.24) is 9.13 Å². The van der Waals surface area contributed by atoms with Gasteiger partial charge in [-0.05, 0) is 93.0 Å². The predicted octanol–water partition coefficient (Wildman–Crippen LogP) is 13.5. The fourth-order valence-electron chi connectivity index (χ4n) is 9.44. The van der Waals surface area contributed by atoms with Gasteiger partial charge in [0.25, 0.3) is 0 Å². The molecule has 0 aliphatic heterocycles. The first-order valence-corrected chi connectivity index (χ1v) is 18.5. The van der Waals surface area contributed by atoms with E-state index in [1.54, 1.807) is 0 Å². The highest BCUT2D eigenvalue weighted by atomic mass is 15.0. The van der Waals surface area contributed by atoms with Crippen LogP contribution >= 0.6 is 0 Å². The van der Waals surface area contributed by atoms with Crippen LogP contribution in [0.2, 0.25) is 0 Å². The van der Waals surface area contributed by atoms with Crippen molar-refractivity contribution in [2.24, 2.45) is 0 Å². The molecule has 0 saturated carbocycles. The molecule has 2 nitrogen and oxygen atoms in total. The van der Waals surface area contributed by atoms with E-state index in [9.17, 15) is 0 Å². The molecule has 53 heavy (non-hydrogen) atoms. The Morgan fingerprint density at radius 1 is 0.340 bits per heavy atom. The molecule has 2 aromatic heterocycles. The summed E-state index contributed by atoms with van der Waals surface area (Å²) in [5.41, 5.74) is 17.4. The Kier molecular flexibility index (Phi) is 6.33. The molecule has 0 spiro atoms. The van der Waals surface area contributed by atoms with Crippen LogP contribution in [-0.2, 0) is 5.41 Å². The van der Waals surface area contributed by atoms with E-state index in [-0.39, 0.29) is 5.41 Å². The number of hydrogen-bond donors (Lipinski definition) is 0. The van der Waals surface area contributed by atoms with Gasteiger partial charge in [0.05, 0.1) is 22.1 Å². The van der Waals surface area contributed by atoms with Gasteiger partial charge in [-0.3, -0.25) is 0 Å². The summed E-state index contributed by atoms with van der Waals surface area (Å²) in [6.45, 7) is 4.89. The van der Waals surface area contributed by atoms with Crippen LogP contribution in [0.15, 0.2) is 182 Å². The number of nitrogens with zero attached hydrogens (tertiary/aromatic N) is 2. The van der Waals surface area contributed by atoms with Gasteiger partial charge in [0, 0.05) is 38.3 Å². The van der Waals surface area contributed by atoms with Crippen molar-refractivity contribution >= 4 is 43.6 Å². The average molecular weight is 677 g/mol. The van der Waals surface area contributed by atoms with E-state index in [4.69, 9.17) is 0 Å². The third-order valence-corrected chi connectivity index (χ3v) is 11.7. The number of para-hydroxylation sites is 2. The van der Waals surface area contributed by atoms with Gasteiger partial charge in [0.1, 0.15) is 0 Å². The first-order chi connectivity index (χ1) is 26.1. The lowest BCUT2D eigenvalue weighted by molar-refractivity contribution is 0.673. The predicted molar refractivity (Wildman–Crippen MR) is 224 cm³/mol. The molecule has 1 aliphatic rings. The van der Waals surface area contributed by atoms with Gasteiger partial charge in [-0.2, -0.15) is 0 Å². The molecule has 0 saturated heterocycles. The second-order valence-corrected chi connectivity index (χ2v) is 14.9. The molecule has 0 unspecified atom stereocenters. The molecule has 0 fully saturated rings. The Morgan fingerprint density at radius 3 is 1.36 bits per heavy atom. The molecule has 0 N–H and O–H groups in total. The monoisotopic (exact) mass is 676 g/mol. The zero-order chi connectivity index (χ0) is 35.3. The zero-order valence-electron chi connectivity index (χ0n) is 29.7. The molecule has 2 heterocycles. The Morgan fingerprint density at radius 2 is 0.792 bits per heavy atom. The third kappa shape index (κ3) is 4.27. The minimum atomic E-state index is -0.253. The Bertz CT molecular complexity index is 3050. The van der Waals surface area contributed by atoms with Crippen molar-refractivity contribution in [3.05, 3.63) is 193 Å². The smallest absolute Gasteiger partial charge is 0.0544 e. The maximum Gasteiger partial charge on any atom is 0.0544 e. The molecule has 2 heteroatoms. The van der Waals surface area contributed by atoms with Crippen LogP contribution in [0.3, 0.4) is 0 Å². The van der Waals surface area contributed by atoms with Crippen molar-refractivity contribution < 1.29 is 0 Å². The standard InChI is InChI=1S/C51H36N2/c1-51(2)49-39(28-30-45-47(49)41-20-9-11-22-43(41)52(45)37-26-24-35(25-27-37)33-14-5-3-6-15-33)40-29-31-46-48(50(40)51)42-21-10-12-23-44(42)53(46)38-19-13-18-36(32-38)34-16-7-4-8-17-34/h3-32H,1-2H3. The lowest BCUT2D eigenvalue weighted by Crippen LogP contribution is -2.16. The van der Waals surface area contributed by atoms with Crippen LogP contribution in [0.1, 0.15) is 25.0 Å². The maximum atomic E-state index is 2.47. The molecule has 0 radical (unpaired) electrons. The second kappa shape index (κ2) is 11.2. The van der Waals surface area contributed by atoms with E-state index in [2.05, 4.69) is 205 Å². The van der Waals surface area contributed by atoms with Crippen LogP contribution in [0.25, 0.3) is 88.4 Å². The fraction of sp³-hybridized carbons (Fsp3) is 0.0588. The van der Waals surface area contributed by atoms with E-state index in [0.717, 1.165) is 0 Å². The molecule has 10 aromatic rings. The first-order valence-electron chi connectivity index (χ1n) is 18.5. The van der Waals surface area contributed by atoms with Gasteiger partial charge in [-0.25, -0.2) is 0 Å². The quantitative estimate of drug-likeness (QED) is 0.176. The highest BCUT2D eigenvalue weighted by molar-refractivity contribution is 6.18. The number of rotatable bonds is 4. The van der Waals surface area contributed by atoms with Crippen LogP contribution < -0.4 is 0 Å². The third-order valence-electron chi connectivity index (χ3n) is 11.7. The van der Waals surface area contributed by atoms with E-state index < -0.39 is 0 Å². The molecular weight excluding hydrogens is 641 g/mol. The normalized spacial score (nSPS) is 13.2. The van der Waals surface area contributed by atoms with Gasteiger partial charge in [-0.15, -0.1) is 0 Å². The van der Waals surface area contributed by atoms with Crippen molar-refractivity contribution in [2.75, 3.05) is 0 Å². The number of benzene rings is 8. The van der Waals surface area contributed by atoms with Gasteiger partial charge >= 0.3 is 0 Å². The largest absolute Gasteiger partial charge is 0.309 e. The lowest BCUT2D eigenvalue weighted by atomic mass is 9.79. The molecule has 11 rings (SSSR count). The summed E-state index contributed by atoms with van der Waals surface area (Å²) in [5, 5.41) is 5.28. The molecule has 0 bridgehead atoms. The summed E-state index contributed by atoms with van der Waals surface area (Å²) < 4.78 is 4.93. The molecule has 8 aromatic carbocycles.